The van der Waals surface area contributed by atoms with Crippen LogP contribution in [0.1, 0.15) is 23.6 Å². The van der Waals surface area contributed by atoms with Crippen LogP contribution in [-0.4, -0.2) is 15.4 Å². The van der Waals surface area contributed by atoms with Gasteiger partial charge >= 0.3 is 0 Å². The second-order valence-electron chi connectivity index (χ2n) is 6.15. The summed E-state index contributed by atoms with van der Waals surface area (Å²) in [7, 11) is 0. The Balaban J connectivity index is 2.00. The van der Waals surface area contributed by atoms with Gasteiger partial charge in [0.05, 0.1) is 21.6 Å². The summed E-state index contributed by atoms with van der Waals surface area (Å²) < 4.78 is 2.66. The minimum atomic E-state index is -0.419. The van der Waals surface area contributed by atoms with E-state index in [0.29, 0.717) is 11.3 Å². The van der Waals surface area contributed by atoms with Crippen LogP contribution >= 0.6 is 11.3 Å². The number of nitrogens with zero attached hydrogens (tertiary/aromatic N) is 3. The summed E-state index contributed by atoms with van der Waals surface area (Å²) in [6.45, 7) is 6.60. The van der Waals surface area contributed by atoms with Crippen LogP contribution in [-0.2, 0) is 17.8 Å². The lowest BCUT2D eigenvalue weighted by molar-refractivity contribution is -0.384. The van der Waals surface area contributed by atoms with Crippen LogP contribution in [0, 0.1) is 24.0 Å². The number of carbonyl (C=O) groups is 1. The molecule has 1 heterocycles. The molecule has 0 saturated heterocycles. The van der Waals surface area contributed by atoms with Crippen LogP contribution in [0.25, 0.3) is 10.2 Å². The van der Waals surface area contributed by atoms with Crippen molar-refractivity contribution < 1.29 is 9.72 Å². The van der Waals surface area contributed by atoms with Crippen molar-refractivity contribution in [3.8, 4) is 0 Å². The summed E-state index contributed by atoms with van der Waals surface area (Å²) >= 11 is 1.30. The number of non-ortho nitro benzene ring substituents is 1. The van der Waals surface area contributed by atoms with Gasteiger partial charge in [-0.15, -0.1) is 0 Å². The molecule has 0 fully saturated rings. The van der Waals surface area contributed by atoms with E-state index in [1.54, 1.807) is 6.07 Å². The second kappa shape index (κ2) is 7.21. The lowest BCUT2D eigenvalue weighted by Crippen LogP contribution is -2.16. The van der Waals surface area contributed by atoms with Crippen LogP contribution in [0.3, 0.4) is 0 Å². The van der Waals surface area contributed by atoms with Gasteiger partial charge in [0, 0.05) is 18.7 Å². The quantitative estimate of drug-likeness (QED) is 0.516. The predicted molar refractivity (Wildman–Crippen MR) is 102 cm³/mol. The van der Waals surface area contributed by atoms with Crippen molar-refractivity contribution in [1.82, 2.24) is 4.57 Å². The van der Waals surface area contributed by atoms with Gasteiger partial charge in [0.2, 0.25) is 0 Å². The largest absolute Gasteiger partial charge is 0.317 e. The Morgan fingerprint density at radius 1 is 1.23 bits per heavy atom. The van der Waals surface area contributed by atoms with Crippen LogP contribution in [0.5, 0.6) is 0 Å². The van der Waals surface area contributed by atoms with Gasteiger partial charge < -0.3 is 4.57 Å². The number of hydrogen-bond acceptors (Lipinski definition) is 4. The molecule has 0 aliphatic heterocycles. The fourth-order valence-corrected chi connectivity index (χ4v) is 4.06. The van der Waals surface area contributed by atoms with Crippen LogP contribution in [0.2, 0.25) is 0 Å². The molecule has 0 saturated carbocycles. The molecule has 0 aliphatic rings. The Kier molecular flexibility index (Phi) is 4.99. The maximum absolute atomic E-state index is 12.5. The molecule has 6 nitrogen and oxygen atoms in total. The van der Waals surface area contributed by atoms with E-state index in [1.807, 2.05) is 43.5 Å². The van der Waals surface area contributed by atoms with E-state index in [1.165, 1.54) is 23.5 Å². The number of nitro benzene ring substituents is 1. The highest BCUT2D eigenvalue weighted by atomic mass is 32.1. The van der Waals surface area contributed by atoms with Crippen molar-refractivity contribution in [2.24, 2.45) is 4.99 Å². The molecule has 134 valence electrons. The molecule has 3 rings (SSSR count). The first-order valence-corrected chi connectivity index (χ1v) is 9.12. The van der Waals surface area contributed by atoms with Crippen molar-refractivity contribution in [3.05, 3.63) is 68.0 Å². The number of carbonyl (C=O) groups excluding carboxylic acids is 1. The molecule has 0 spiro atoms. The minimum absolute atomic E-state index is 0.0372. The van der Waals surface area contributed by atoms with Gasteiger partial charge in [-0.2, -0.15) is 4.99 Å². The molecule has 3 aromatic rings. The lowest BCUT2D eigenvalue weighted by Gasteiger charge is -2.04. The zero-order valence-electron chi connectivity index (χ0n) is 14.9. The monoisotopic (exact) mass is 369 g/mol. The van der Waals surface area contributed by atoms with Gasteiger partial charge in [-0.3, -0.25) is 14.9 Å². The summed E-state index contributed by atoms with van der Waals surface area (Å²) in [6.07, 6.45) is 0.240. The first kappa shape index (κ1) is 18.0. The van der Waals surface area contributed by atoms with Crippen molar-refractivity contribution >= 4 is 33.1 Å². The molecular weight excluding hydrogens is 350 g/mol. The number of thiazole rings is 1. The smallest absolute Gasteiger partial charge is 0.270 e. The summed E-state index contributed by atoms with van der Waals surface area (Å²) in [5.41, 5.74) is 4.08. The van der Waals surface area contributed by atoms with Gasteiger partial charge in [-0.1, -0.05) is 35.1 Å². The normalized spacial score (nSPS) is 11.9. The molecule has 26 heavy (non-hydrogen) atoms. The Labute approximate surface area is 154 Å². The van der Waals surface area contributed by atoms with Gasteiger partial charge in [-0.25, -0.2) is 0 Å². The Hall–Kier alpha value is -2.80. The Morgan fingerprint density at radius 3 is 2.65 bits per heavy atom. The van der Waals surface area contributed by atoms with E-state index in [2.05, 4.69) is 4.99 Å². The molecule has 1 amide bonds. The summed E-state index contributed by atoms with van der Waals surface area (Å²) in [5, 5.41) is 11.0. The number of benzene rings is 2. The average molecular weight is 369 g/mol. The van der Waals surface area contributed by atoms with E-state index in [4.69, 9.17) is 0 Å². The van der Waals surface area contributed by atoms with E-state index in [-0.39, 0.29) is 18.0 Å². The number of fused-ring (bicyclic) bond motifs is 1. The van der Waals surface area contributed by atoms with Crippen molar-refractivity contribution in [3.63, 3.8) is 0 Å². The van der Waals surface area contributed by atoms with Crippen LogP contribution < -0.4 is 4.80 Å². The van der Waals surface area contributed by atoms with Gasteiger partial charge in [-0.05, 0) is 38.0 Å². The highest BCUT2D eigenvalue weighted by Crippen LogP contribution is 2.23. The molecule has 1 aromatic heterocycles. The van der Waals surface area contributed by atoms with Gasteiger partial charge in [0.25, 0.3) is 11.6 Å². The molecule has 2 aromatic carbocycles. The molecule has 0 aliphatic carbocycles. The fourth-order valence-electron chi connectivity index (χ4n) is 2.92. The zero-order chi connectivity index (χ0) is 18.8. The number of aryl methyl sites for hydroxylation is 3. The minimum Gasteiger partial charge on any atom is -0.317 e. The third-order valence-electron chi connectivity index (χ3n) is 4.25. The van der Waals surface area contributed by atoms with Crippen LogP contribution in [0.15, 0.2) is 41.4 Å². The summed E-state index contributed by atoms with van der Waals surface area (Å²) in [4.78, 5) is 27.8. The van der Waals surface area contributed by atoms with E-state index < -0.39 is 4.92 Å². The molecule has 0 unspecified atom stereocenters. The first-order chi connectivity index (χ1) is 12.4. The first-order valence-electron chi connectivity index (χ1n) is 8.30. The van der Waals surface area contributed by atoms with Crippen molar-refractivity contribution in [2.75, 3.05) is 0 Å². The SMILES string of the molecule is CCn1c(=NC(=O)Cc2ccc(C)cc2C)sc2cc([N+](=O)[O-])ccc21. The number of aromatic nitrogens is 1. The topological polar surface area (TPSA) is 77.5 Å². The lowest BCUT2D eigenvalue weighted by atomic mass is 10.0. The molecule has 0 N–H and O–H groups in total. The van der Waals surface area contributed by atoms with E-state index in [0.717, 1.165) is 26.9 Å². The third-order valence-corrected chi connectivity index (χ3v) is 5.29. The predicted octanol–water partition coefficient (Wildman–Crippen LogP) is 3.92. The fraction of sp³-hybridized carbons (Fsp3) is 0.263. The molecule has 0 atom stereocenters. The number of hydrogen-bond donors (Lipinski definition) is 0. The molecule has 7 heteroatoms. The summed E-state index contributed by atoms with van der Waals surface area (Å²) in [6, 6.07) is 10.7. The average Bonchev–Trinajstić information content (AvgIpc) is 2.93. The van der Waals surface area contributed by atoms with Gasteiger partial charge in [0.1, 0.15) is 0 Å². The number of rotatable bonds is 4. The highest BCUT2D eigenvalue weighted by molar-refractivity contribution is 7.16. The van der Waals surface area contributed by atoms with Crippen LogP contribution in [0.4, 0.5) is 5.69 Å². The number of amides is 1. The second-order valence-corrected chi connectivity index (χ2v) is 7.16. The molecular formula is C19H19N3O3S. The molecule has 0 radical (unpaired) electrons. The number of nitro groups is 1. The Morgan fingerprint density at radius 2 is 2.00 bits per heavy atom. The molecule has 0 bridgehead atoms. The zero-order valence-corrected chi connectivity index (χ0v) is 15.7. The maximum Gasteiger partial charge on any atom is 0.270 e. The maximum atomic E-state index is 12.5. The third kappa shape index (κ3) is 3.57. The standard InChI is InChI=1S/C19H19N3O3S/c1-4-21-16-8-7-15(22(24)25)11-17(16)26-19(21)20-18(23)10-14-6-5-12(2)9-13(14)3/h5-9,11H,4,10H2,1-3H3. The van der Waals surface area contributed by atoms with E-state index in [9.17, 15) is 14.9 Å². The van der Waals surface area contributed by atoms with Crippen molar-refractivity contribution in [1.29, 1.82) is 0 Å². The summed E-state index contributed by atoms with van der Waals surface area (Å²) in [5.74, 6) is -0.222. The van der Waals surface area contributed by atoms with Crippen molar-refractivity contribution in [2.45, 2.75) is 33.7 Å². The van der Waals surface area contributed by atoms with E-state index >= 15 is 0 Å². The van der Waals surface area contributed by atoms with Gasteiger partial charge in [0.15, 0.2) is 4.80 Å². The highest BCUT2D eigenvalue weighted by Gasteiger charge is 2.12. The Bertz CT molecular complexity index is 1080.